The van der Waals surface area contributed by atoms with Crippen LogP contribution in [-0.4, -0.2) is 17.5 Å². The molecule has 4 rings (SSSR count). The summed E-state index contributed by atoms with van der Waals surface area (Å²) < 4.78 is 23.8. The predicted octanol–water partition coefficient (Wildman–Crippen LogP) is 5.17. The number of benzene rings is 3. The van der Waals surface area contributed by atoms with Gasteiger partial charge in [0.1, 0.15) is 23.5 Å². The molecule has 1 aromatic heterocycles. The number of rotatable bonds is 6. The van der Waals surface area contributed by atoms with Gasteiger partial charge in [-0.25, -0.2) is 9.37 Å². The molecule has 1 heterocycles. The van der Waals surface area contributed by atoms with Crippen LogP contribution in [0.1, 0.15) is 0 Å². The largest absolute Gasteiger partial charge is 0.484 e. The van der Waals surface area contributed by atoms with E-state index >= 15 is 0 Å². The van der Waals surface area contributed by atoms with Gasteiger partial charge >= 0.3 is 0 Å². The summed E-state index contributed by atoms with van der Waals surface area (Å²) in [5.74, 6) is 0.254. The lowest BCUT2D eigenvalue weighted by Crippen LogP contribution is -2.20. The molecule has 0 aliphatic rings. The van der Waals surface area contributed by atoms with Gasteiger partial charge in [0.05, 0.1) is 0 Å². The van der Waals surface area contributed by atoms with Crippen LogP contribution in [0.25, 0.3) is 22.7 Å². The number of hydrogen-bond donors (Lipinski definition) is 1. The van der Waals surface area contributed by atoms with Gasteiger partial charge in [0.2, 0.25) is 5.89 Å². The van der Waals surface area contributed by atoms with E-state index in [4.69, 9.17) is 9.15 Å². The Kier molecular flexibility index (Phi) is 5.33. The summed E-state index contributed by atoms with van der Waals surface area (Å²) in [6.07, 6.45) is 1.62. The normalized spacial score (nSPS) is 10.5. The summed E-state index contributed by atoms with van der Waals surface area (Å²) in [5.41, 5.74) is 3.16. The molecule has 5 nitrogen and oxygen atoms in total. The van der Waals surface area contributed by atoms with E-state index in [0.717, 1.165) is 16.8 Å². The van der Waals surface area contributed by atoms with Crippen LogP contribution in [-0.2, 0) is 4.79 Å². The lowest BCUT2D eigenvalue weighted by Gasteiger charge is -2.08. The number of anilines is 1. The van der Waals surface area contributed by atoms with Crippen molar-refractivity contribution in [2.45, 2.75) is 0 Å². The van der Waals surface area contributed by atoms with Crippen molar-refractivity contribution in [1.29, 1.82) is 0 Å². The molecule has 29 heavy (non-hydrogen) atoms. The van der Waals surface area contributed by atoms with Crippen LogP contribution in [0.15, 0.2) is 89.5 Å². The molecule has 1 amide bonds. The molecule has 0 bridgehead atoms. The summed E-state index contributed by atoms with van der Waals surface area (Å²) in [6, 6.07) is 22.4. The molecule has 0 spiro atoms. The molecule has 0 fully saturated rings. The number of ether oxygens (including phenoxy) is 1. The molecule has 4 aromatic rings. The first kappa shape index (κ1) is 18.4. The van der Waals surface area contributed by atoms with Crippen LogP contribution in [0, 0.1) is 5.82 Å². The van der Waals surface area contributed by atoms with E-state index in [9.17, 15) is 9.18 Å². The third-order valence-electron chi connectivity index (χ3n) is 4.17. The highest BCUT2D eigenvalue weighted by Crippen LogP contribution is 2.25. The Morgan fingerprint density at radius 3 is 2.38 bits per heavy atom. The van der Waals surface area contributed by atoms with Crippen molar-refractivity contribution < 1.29 is 18.3 Å². The fraction of sp³-hybridized carbons (Fsp3) is 0.0435. The lowest BCUT2D eigenvalue weighted by atomic mass is 10.2. The van der Waals surface area contributed by atoms with Crippen LogP contribution >= 0.6 is 0 Å². The number of hydrogen-bond acceptors (Lipinski definition) is 4. The smallest absolute Gasteiger partial charge is 0.262 e. The highest BCUT2D eigenvalue weighted by Gasteiger charge is 2.09. The van der Waals surface area contributed by atoms with Gasteiger partial charge in [0.15, 0.2) is 6.61 Å². The summed E-state index contributed by atoms with van der Waals surface area (Å²) >= 11 is 0. The van der Waals surface area contributed by atoms with Crippen molar-refractivity contribution in [3.8, 4) is 28.5 Å². The van der Waals surface area contributed by atoms with Crippen molar-refractivity contribution in [3.63, 3.8) is 0 Å². The molecule has 0 saturated carbocycles. The van der Waals surface area contributed by atoms with Crippen LogP contribution in [0.2, 0.25) is 0 Å². The molecule has 0 aliphatic heterocycles. The van der Waals surface area contributed by atoms with E-state index in [0.29, 0.717) is 17.3 Å². The minimum Gasteiger partial charge on any atom is -0.484 e. The Balaban J connectivity index is 1.36. The first-order valence-electron chi connectivity index (χ1n) is 8.97. The van der Waals surface area contributed by atoms with Gasteiger partial charge in [-0.2, -0.15) is 0 Å². The van der Waals surface area contributed by atoms with Crippen molar-refractivity contribution in [2.75, 3.05) is 11.9 Å². The number of nitrogens with one attached hydrogen (secondary N) is 1. The Morgan fingerprint density at radius 2 is 1.66 bits per heavy atom. The highest BCUT2D eigenvalue weighted by atomic mass is 19.1. The number of carbonyl (C=O) groups is 1. The summed E-state index contributed by atoms with van der Waals surface area (Å²) in [7, 11) is 0. The molecule has 0 radical (unpaired) electrons. The Hall–Kier alpha value is -3.93. The second-order valence-corrected chi connectivity index (χ2v) is 6.27. The number of amides is 1. The van der Waals surface area contributed by atoms with Gasteiger partial charge in [-0.15, -0.1) is 0 Å². The zero-order chi connectivity index (χ0) is 20.1. The maximum atomic E-state index is 12.9. The average molecular weight is 388 g/mol. The SMILES string of the molecule is O=C(COc1ccc(F)cc1)Nc1ccc(-c2nc(-c3ccccc3)co2)cc1. The van der Waals surface area contributed by atoms with E-state index in [2.05, 4.69) is 10.3 Å². The number of carbonyl (C=O) groups excluding carboxylic acids is 1. The number of aromatic nitrogens is 1. The Morgan fingerprint density at radius 1 is 0.931 bits per heavy atom. The molecule has 0 saturated heterocycles. The van der Waals surface area contributed by atoms with Crippen molar-refractivity contribution in [3.05, 3.63) is 90.9 Å². The van der Waals surface area contributed by atoms with Crippen molar-refractivity contribution in [2.24, 2.45) is 0 Å². The van der Waals surface area contributed by atoms with E-state index in [1.807, 2.05) is 42.5 Å². The molecule has 3 aromatic carbocycles. The summed E-state index contributed by atoms with van der Waals surface area (Å²) in [5, 5.41) is 2.74. The second kappa shape index (κ2) is 8.39. The van der Waals surface area contributed by atoms with Gasteiger partial charge in [0, 0.05) is 16.8 Å². The quantitative estimate of drug-likeness (QED) is 0.495. The van der Waals surface area contributed by atoms with Gasteiger partial charge in [-0.1, -0.05) is 30.3 Å². The Labute approximate surface area is 166 Å². The molecule has 144 valence electrons. The van der Waals surface area contributed by atoms with E-state index in [1.165, 1.54) is 24.3 Å². The van der Waals surface area contributed by atoms with Crippen LogP contribution < -0.4 is 10.1 Å². The van der Waals surface area contributed by atoms with Gasteiger partial charge in [0.25, 0.3) is 5.91 Å². The first-order chi connectivity index (χ1) is 14.2. The topological polar surface area (TPSA) is 64.4 Å². The van der Waals surface area contributed by atoms with Crippen molar-refractivity contribution >= 4 is 11.6 Å². The van der Waals surface area contributed by atoms with Crippen LogP contribution in [0.4, 0.5) is 10.1 Å². The second-order valence-electron chi connectivity index (χ2n) is 6.27. The lowest BCUT2D eigenvalue weighted by molar-refractivity contribution is -0.118. The van der Waals surface area contributed by atoms with E-state index < -0.39 is 0 Å². The minimum absolute atomic E-state index is 0.173. The average Bonchev–Trinajstić information content (AvgIpc) is 3.25. The van der Waals surface area contributed by atoms with E-state index in [-0.39, 0.29) is 18.3 Å². The monoisotopic (exact) mass is 388 g/mol. The van der Waals surface area contributed by atoms with Crippen LogP contribution in [0.3, 0.4) is 0 Å². The van der Waals surface area contributed by atoms with Gasteiger partial charge in [-0.3, -0.25) is 4.79 Å². The van der Waals surface area contributed by atoms with Gasteiger partial charge in [-0.05, 0) is 48.5 Å². The maximum Gasteiger partial charge on any atom is 0.262 e. The molecule has 0 aliphatic carbocycles. The van der Waals surface area contributed by atoms with E-state index in [1.54, 1.807) is 18.4 Å². The Bertz CT molecular complexity index is 1090. The molecule has 0 unspecified atom stereocenters. The number of halogens is 1. The molecular formula is C23H17FN2O3. The zero-order valence-corrected chi connectivity index (χ0v) is 15.3. The minimum atomic E-state index is -0.358. The maximum absolute atomic E-state index is 12.9. The summed E-state index contributed by atoms with van der Waals surface area (Å²) in [6.45, 7) is -0.173. The fourth-order valence-corrected chi connectivity index (χ4v) is 2.72. The fourth-order valence-electron chi connectivity index (χ4n) is 2.72. The molecule has 1 N–H and O–H groups in total. The number of nitrogens with zero attached hydrogens (tertiary/aromatic N) is 1. The van der Waals surface area contributed by atoms with Crippen molar-refractivity contribution in [1.82, 2.24) is 4.98 Å². The third kappa shape index (κ3) is 4.68. The standard InChI is InChI=1S/C23H17FN2O3/c24-18-8-12-20(13-9-18)28-15-22(27)25-19-10-6-17(7-11-19)23-26-21(14-29-23)16-4-2-1-3-5-16/h1-14H,15H2,(H,25,27). The molecule has 6 heteroatoms. The zero-order valence-electron chi connectivity index (χ0n) is 15.3. The van der Waals surface area contributed by atoms with Gasteiger partial charge < -0.3 is 14.5 Å². The molecule has 0 atom stereocenters. The number of oxazole rings is 1. The predicted molar refractivity (Wildman–Crippen MR) is 108 cm³/mol. The summed E-state index contributed by atoms with van der Waals surface area (Å²) in [4.78, 5) is 16.5. The first-order valence-corrected chi connectivity index (χ1v) is 8.97. The third-order valence-corrected chi connectivity index (χ3v) is 4.17. The highest BCUT2D eigenvalue weighted by molar-refractivity contribution is 5.92. The molecular weight excluding hydrogens is 371 g/mol. The van der Waals surface area contributed by atoms with Crippen LogP contribution in [0.5, 0.6) is 5.75 Å².